The van der Waals surface area contributed by atoms with Gasteiger partial charge >= 0.3 is 5.97 Å². The van der Waals surface area contributed by atoms with E-state index in [9.17, 15) is 10.1 Å². The molecule has 4 aromatic rings. The van der Waals surface area contributed by atoms with Crippen LogP contribution in [0.1, 0.15) is 28.2 Å². The zero-order chi connectivity index (χ0) is 28.2. The molecule has 1 aliphatic heterocycles. The first-order valence-corrected chi connectivity index (χ1v) is 13.3. The van der Waals surface area contributed by atoms with Crippen LogP contribution in [-0.2, 0) is 17.8 Å². The molecule has 5 rings (SSSR count). The van der Waals surface area contributed by atoms with Crippen molar-refractivity contribution in [2.45, 2.75) is 18.9 Å². The van der Waals surface area contributed by atoms with Crippen molar-refractivity contribution in [1.29, 1.82) is 5.26 Å². The summed E-state index contributed by atoms with van der Waals surface area (Å²) < 4.78 is 17.2. The first-order chi connectivity index (χ1) is 19.3. The van der Waals surface area contributed by atoms with Gasteiger partial charge < -0.3 is 19.9 Å². The smallest absolute Gasteiger partial charge is 0.315 e. The third-order valence-corrected chi connectivity index (χ3v) is 7.15. The maximum absolute atomic E-state index is 12.5. The highest BCUT2D eigenvalue weighted by molar-refractivity contribution is 6.35. The normalized spacial score (nSPS) is 14.1. The molecule has 40 heavy (non-hydrogen) atoms. The van der Waals surface area contributed by atoms with E-state index in [2.05, 4.69) is 6.07 Å². The quantitative estimate of drug-likeness (QED) is 0.176. The second-order valence-corrected chi connectivity index (χ2v) is 10.3. The predicted octanol–water partition coefficient (Wildman–Crippen LogP) is 7.59. The molecule has 1 atom stereocenters. The van der Waals surface area contributed by atoms with Gasteiger partial charge in [-0.05, 0) is 53.6 Å². The fraction of sp³-hybridized carbons (Fsp3) is 0.0968. The minimum atomic E-state index is -0.479. The van der Waals surface area contributed by atoms with Gasteiger partial charge in [0.1, 0.15) is 35.5 Å². The molecule has 0 bridgehead atoms. The largest absolute Gasteiger partial charge is 0.489 e. The van der Waals surface area contributed by atoms with E-state index in [-0.39, 0.29) is 24.5 Å². The van der Waals surface area contributed by atoms with Gasteiger partial charge in [0.2, 0.25) is 5.88 Å². The van der Waals surface area contributed by atoms with Crippen LogP contribution in [0.4, 0.5) is 0 Å². The molecule has 1 heterocycles. The molecule has 2 N–H and O–H groups in total. The van der Waals surface area contributed by atoms with Gasteiger partial charge in [0.15, 0.2) is 0 Å². The van der Waals surface area contributed by atoms with Crippen LogP contribution < -0.4 is 19.9 Å². The van der Waals surface area contributed by atoms with Crippen LogP contribution in [0.5, 0.6) is 17.2 Å². The lowest BCUT2D eigenvalue weighted by Gasteiger charge is -2.26. The standard InChI is InChI=1S/C31H21Cl3N2O4/c32-21-6-1-18(2-7-21)13-29(37)39-24-11-12-25-28(15-24)40-31(36)26(16-35)30(25)19-4-9-23(10-5-19)38-17-20-3-8-22(33)14-27(20)34/h1-12,14-15,30H,13,17,36H2. The van der Waals surface area contributed by atoms with Gasteiger partial charge in [0, 0.05) is 32.3 Å². The van der Waals surface area contributed by atoms with Crippen molar-refractivity contribution < 1.29 is 19.0 Å². The van der Waals surface area contributed by atoms with Crippen molar-refractivity contribution in [3.05, 3.63) is 134 Å². The number of nitrogens with zero attached hydrogens (tertiary/aromatic N) is 1. The Balaban J connectivity index is 1.33. The lowest BCUT2D eigenvalue weighted by atomic mass is 9.83. The summed E-state index contributed by atoms with van der Waals surface area (Å²) in [5, 5.41) is 11.5. The van der Waals surface area contributed by atoms with Gasteiger partial charge in [0.25, 0.3) is 0 Å². The number of hydrogen-bond donors (Lipinski definition) is 1. The second-order valence-electron chi connectivity index (χ2n) is 9.00. The van der Waals surface area contributed by atoms with Gasteiger partial charge in [0.05, 0.1) is 12.3 Å². The molecular formula is C31H21Cl3N2O4. The summed E-state index contributed by atoms with van der Waals surface area (Å²) in [7, 11) is 0. The summed E-state index contributed by atoms with van der Waals surface area (Å²) in [5.74, 6) is 0.395. The van der Waals surface area contributed by atoms with Crippen molar-refractivity contribution in [2.24, 2.45) is 5.73 Å². The fourth-order valence-corrected chi connectivity index (χ4v) is 4.92. The molecule has 1 unspecified atom stereocenters. The molecular weight excluding hydrogens is 571 g/mol. The Morgan fingerprint density at radius 2 is 1.60 bits per heavy atom. The predicted molar refractivity (Wildman–Crippen MR) is 154 cm³/mol. The van der Waals surface area contributed by atoms with Crippen LogP contribution >= 0.6 is 34.8 Å². The number of carbonyl (C=O) groups is 1. The molecule has 200 valence electrons. The van der Waals surface area contributed by atoms with Gasteiger partial charge in [-0.15, -0.1) is 0 Å². The van der Waals surface area contributed by atoms with Crippen molar-refractivity contribution in [1.82, 2.24) is 0 Å². The topological polar surface area (TPSA) is 94.6 Å². The molecule has 9 heteroatoms. The molecule has 0 saturated carbocycles. The van der Waals surface area contributed by atoms with Crippen molar-refractivity contribution in [2.75, 3.05) is 0 Å². The highest BCUT2D eigenvalue weighted by Gasteiger charge is 2.31. The minimum absolute atomic E-state index is 0.0117. The third kappa shape index (κ3) is 6.19. The van der Waals surface area contributed by atoms with Gasteiger partial charge in [-0.25, -0.2) is 0 Å². The monoisotopic (exact) mass is 590 g/mol. The minimum Gasteiger partial charge on any atom is -0.489 e. The van der Waals surface area contributed by atoms with E-state index >= 15 is 0 Å². The van der Waals surface area contributed by atoms with E-state index in [0.29, 0.717) is 37.9 Å². The molecule has 0 fully saturated rings. The number of esters is 1. The Bertz CT molecular complexity index is 1650. The number of nitrogens with two attached hydrogens (primary N) is 1. The lowest BCUT2D eigenvalue weighted by Crippen LogP contribution is -2.21. The van der Waals surface area contributed by atoms with Gasteiger partial charge in [-0.2, -0.15) is 5.26 Å². The summed E-state index contributed by atoms with van der Waals surface area (Å²) >= 11 is 18.1. The Morgan fingerprint density at radius 1 is 0.900 bits per heavy atom. The fourth-order valence-electron chi connectivity index (χ4n) is 4.33. The van der Waals surface area contributed by atoms with E-state index in [1.807, 2.05) is 30.3 Å². The molecule has 0 radical (unpaired) electrons. The molecule has 0 aliphatic carbocycles. The number of fused-ring (bicyclic) bond motifs is 1. The average molecular weight is 592 g/mol. The van der Waals surface area contributed by atoms with Crippen LogP contribution in [0, 0.1) is 11.3 Å². The lowest BCUT2D eigenvalue weighted by molar-refractivity contribution is -0.133. The number of allylic oxidation sites excluding steroid dienone is 1. The van der Waals surface area contributed by atoms with Crippen LogP contribution in [-0.4, -0.2) is 5.97 Å². The van der Waals surface area contributed by atoms with E-state index in [0.717, 1.165) is 16.7 Å². The Morgan fingerprint density at radius 3 is 2.30 bits per heavy atom. The maximum Gasteiger partial charge on any atom is 0.315 e. The molecule has 0 saturated heterocycles. The van der Waals surface area contributed by atoms with E-state index in [1.54, 1.807) is 54.6 Å². The van der Waals surface area contributed by atoms with E-state index < -0.39 is 11.9 Å². The van der Waals surface area contributed by atoms with E-state index in [1.165, 1.54) is 0 Å². The SMILES string of the molecule is N#CC1=C(N)Oc2cc(OC(=O)Cc3ccc(Cl)cc3)ccc2C1c1ccc(OCc2ccc(Cl)cc2Cl)cc1. The zero-order valence-corrected chi connectivity index (χ0v) is 23.1. The summed E-state index contributed by atoms with van der Waals surface area (Å²) in [6.45, 7) is 0.269. The molecule has 0 amide bonds. The summed E-state index contributed by atoms with van der Waals surface area (Å²) in [6.07, 6.45) is 0.0804. The van der Waals surface area contributed by atoms with Crippen LogP contribution in [0.25, 0.3) is 0 Å². The van der Waals surface area contributed by atoms with Crippen LogP contribution in [0.2, 0.25) is 15.1 Å². The maximum atomic E-state index is 12.5. The number of rotatable bonds is 7. The Kier molecular flexibility index (Phi) is 8.18. The second kappa shape index (κ2) is 11.9. The molecule has 4 aromatic carbocycles. The van der Waals surface area contributed by atoms with Crippen LogP contribution in [0.15, 0.2) is 96.4 Å². The number of ether oxygens (including phenoxy) is 3. The van der Waals surface area contributed by atoms with Gasteiger partial charge in [-0.3, -0.25) is 4.79 Å². The van der Waals surface area contributed by atoms with E-state index in [4.69, 9.17) is 54.7 Å². The van der Waals surface area contributed by atoms with Crippen LogP contribution in [0.3, 0.4) is 0 Å². The first-order valence-electron chi connectivity index (χ1n) is 12.1. The van der Waals surface area contributed by atoms with Crippen molar-refractivity contribution >= 4 is 40.8 Å². The highest BCUT2D eigenvalue weighted by Crippen LogP contribution is 2.43. The number of benzene rings is 4. The number of nitriles is 1. The van der Waals surface area contributed by atoms with Crippen molar-refractivity contribution in [3.8, 4) is 23.3 Å². The molecule has 6 nitrogen and oxygen atoms in total. The number of carbonyl (C=O) groups excluding carboxylic acids is 1. The average Bonchev–Trinajstić information content (AvgIpc) is 2.93. The highest BCUT2D eigenvalue weighted by atomic mass is 35.5. The summed E-state index contributed by atoms with van der Waals surface area (Å²) in [4.78, 5) is 12.5. The zero-order valence-electron chi connectivity index (χ0n) is 20.9. The number of hydrogen-bond acceptors (Lipinski definition) is 6. The Hall–Kier alpha value is -4.15. The number of halogens is 3. The van der Waals surface area contributed by atoms with Crippen molar-refractivity contribution in [3.63, 3.8) is 0 Å². The first kappa shape index (κ1) is 27.4. The molecule has 0 aromatic heterocycles. The third-order valence-electron chi connectivity index (χ3n) is 6.31. The van der Waals surface area contributed by atoms with Gasteiger partial charge in [-0.1, -0.05) is 71.2 Å². The molecule has 1 aliphatic rings. The summed E-state index contributed by atoms with van der Waals surface area (Å²) in [5.41, 5.74) is 9.52. The molecule has 0 spiro atoms. The summed E-state index contributed by atoms with van der Waals surface area (Å²) in [6, 6.07) is 26.7. The Labute approximate surface area is 246 Å².